The minimum atomic E-state index is -3.41. The van der Waals surface area contributed by atoms with Crippen molar-refractivity contribution in [3.8, 4) is 0 Å². The first kappa shape index (κ1) is 13.3. The van der Waals surface area contributed by atoms with Gasteiger partial charge in [-0.15, -0.1) is 0 Å². The summed E-state index contributed by atoms with van der Waals surface area (Å²) in [5.41, 5.74) is 0. The van der Waals surface area contributed by atoms with E-state index in [-0.39, 0.29) is 10.9 Å². The minimum Gasteiger partial charge on any atom is -0.271 e. The Balaban J connectivity index is 2.24. The predicted octanol–water partition coefficient (Wildman–Crippen LogP) is 1.63. The standard InChI is InChI=1S/C12H19N3O2S/c1-3-7-14-10-12(9-13-14)18(16,17)15-8-5-6-11(15)4-2/h5-6,9-11H,3-4,7-8H2,1-2H3. The van der Waals surface area contributed by atoms with E-state index in [2.05, 4.69) is 5.10 Å². The molecule has 1 aliphatic heterocycles. The summed E-state index contributed by atoms with van der Waals surface area (Å²) in [4.78, 5) is 0.290. The molecule has 1 aliphatic rings. The van der Waals surface area contributed by atoms with Gasteiger partial charge in [0, 0.05) is 25.3 Å². The van der Waals surface area contributed by atoms with Crippen LogP contribution < -0.4 is 0 Å². The Kier molecular flexibility index (Phi) is 3.87. The summed E-state index contributed by atoms with van der Waals surface area (Å²) in [6, 6.07) is -0.0236. The Labute approximate surface area is 108 Å². The third-order valence-corrected chi connectivity index (χ3v) is 4.94. The second kappa shape index (κ2) is 5.24. The van der Waals surface area contributed by atoms with Gasteiger partial charge in [0.15, 0.2) is 0 Å². The first-order valence-corrected chi connectivity index (χ1v) is 7.74. The molecule has 0 aromatic carbocycles. The monoisotopic (exact) mass is 269 g/mol. The van der Waals surface area contributed by atoms with Gasteiger partial charge in [-0.25, -0.2) is 8.42 Å². The van der Waals surface area contributed by atoms with Crippen molar-refractivity contribution in [1.82, 2.24) is 14.1 Å². The van der Waals surface area contributed by atoms with Gasteiger partial charge in [0.25, 0.3) is 0 Å². The third kappa shape index (κ3) is 2.35. The van der Waals surface area contributed by atoms with Gasteiger partial charge in [-0.1, -0.05) is 26.0 Å². The average molecular weight is 269 g/mol. The molecule has 0 saturated carbocycles. The predicted molar refractivity (Wildman–Crippen MR) is 69.6 cm³/mol. The van der Waals surface area contributed by atoms with E-state index in [1.807, 2.05) is 26.0 Å². The number of hydrogen-bond donors (Lipinski definition) is 0. The number of aryl methyl sites for hydroxylation is 1. The van der Waals surface area contributed by atoms with Crippen molar-refractivity contribution in [2.45, 2.75) is 44.2 Å². The van der Waals surface area contributed by atoms with Crippen LogP contribution >= 0.6 is 0 Å². The lowest BCUT2D eigenvalue weighted by Gasteiger charge is -2.21. The first-order valence-electron chi connectivity index (χ1n) is 6.30. The molecule has 0 saturated heterocycles. The molecule has 0 aliphatic carbocycles. The lowest BCUT2D eigenvalue weighted by molar-refractivity contribution is 0.402. The molecule has 1 unspecified atom stereocenters. The summed E-state index contributed by atoms with van der Waals surface area (Å²) in [5.74, 6) is 0. The highest BCUT2D eigenvalue weighted by atomic mass is 32.2. The van der Waals surface area contributed by atoms with E-state index in [1.165, 1.54) is 10.5 Å². The van der Waals surface area contributed by atoms with Crippen molar-refractivity contribution >= 4 is 10.0 Å². The zero-order chi connectivity index (χ0) is 13.2. The maximum Gasteiger partial charge on any atom is 0.247 e. The molecule has 100 valence electrons. The van der Waals surface area contributed by atoms with E-state index in [0.29, 0.717) is 6.54 Å². The van der Waals surface area contributed by atoms with Crippen molar-refractivity contribution in [3.05, 3.63) is 24.5 Å². The minimum absolute atomic E-state index is 0.0236. The van der Waals surface area contributed by atoms with Crippen LogP contribution in [0.5, 0.6) is 0 Å². The highest BCUT2D eigenvalue weighted by Gasteiger charge is 2.32. The fraction of sp³-hybridized carbons (Fsp3) is 0.583. The summed E-state index contributed by atoms with van der Waals surface area (Å²) in [5, 5.41) is 4.08. The van der Waals surface area contributed by atoms with Gasteiger partial charge in [0.2, 0.25) is 10.0 Å². The summed E-state index contributed by atoms with van der Waals surface area (Å²) in [6.45, 7) is 5.22. The Morgan fingerprint density at radius 2 is 2.22 bits per heavy atom. The molecule has 0 N–H and O–H groups in total. The third-order valence-electron chi connectivity index (χ3n) is 3.10. The number of aromatic nitrogens is 2. The molecule has 0 fully saturated rings. The number of hydrogen-bond acceptors (Lipinski definition) is 3. The van der Waals surface area contributed by atoms with Crippen LogP contribution in [0.15, 0.2) is 29.4 Å². The first-order chi connectivity index (χ1) is 8.59. The molecule has 2 rings (SSSR count). The molecular weight excluding hydrogens is 250 g/mol. The molecule has 0 bridgehead atoms. The Bertz CT molecular complexity index is 533. The molecule has 18 heavy (non-hydrogen) atoms. The van der Waals surface area contributed by atoms with Gasteiger partial charge in [0.1, 0.15) is 4.90 Å². The summed E-state index contributed by atoms with van der Waals surface area (Å²) >= 11 is 0. The van der Waals surface area contributed by atoms with E-state index in [9.17, 15) is 8.42 Å². The van der Waals surface area contributed by atoms with E-state index in [1.54, 1.807) is 10.9 Å². The van der Waals surface area contributed by atoms with Crippen LogP contribution in [-0.4, -0.2) is 35.1 Å². The molecule has 0 spiro atoms. The topological polar surface area (TPSA) is 55.2 Å². The molecule has 2 heterocycles. The van der Waals surface area contributed by atoms with Crippen LogP contribution in [0.1, 0.15) is 26.7 Å². The van der Waals surface area contributed by atoms with E-state index < -0.39 is 10.0 Å². The molecule has 1 aromatic rings. The number of rotatable bonds is 5. The molecule has 0 radical (unpaired) electrons. The number of sulfonamides is 1. The van der Waals surface area contributed by atoms with Gasteiger partial charge >= 0.3 is 0 Å². The smallest absolute Gasteiger partial charge is 0.247 e. The largest absolute Gasteiger partial charge is 0.271 e. The van der Waals surface area contributed by atoms with Crippen LogP contribution in [-0.2, 0) is 16.6 Å². The fourth-order valence-electron chi connectivity index (χ4n) is 2.13. The summed E-state index contributed by atoms with van der Waals surface area (Å²) in [7, 11) is -3.41. The van der Waals surface area contributed by atoms with Crippen LogP contribution in [0.4, 0.5) is 0 Å². The molecule has 1 atom stereocenters. The van der Waals surface area contributed by atoms with Gasteiger partial charge < -0.3 is 0 Å². The second-order valence-corrected chi connectivity index (χ2v) is 6.31. The lowest BCUT2D eigenvalue weighted by atomic mass is 10.2. The number of nitrogens with zero attached hydrogens (tertiary/aromatic N) is 3. The molecule has 0 amide bonds. The molecule has 1 aromatic heterocycles. The zero-order valence-corrected chi connectivity index (χ0v) is 11.6. The van der Waals surface area contributed by atoms with Crippen molar-refractivity contribution in [3.63, 3.8) is 0 Å². The molecule has 6 heteroatoms. The second-order valence-electron chi connectivity index (χ2n) is 4.42. The van der Waals surface area contributed by atoms with Gasteiger partial charge in [-0.05, 0) is 12.8 Å². The van der Waals surface area contributed by atoms with Gasteiger partial charge in [0.05, 0.1) is 6.20 Å². The lowest BCUT2D eigenvalue weighted by Crippen LogP contribution is -2.35. The van der Waals surface area contributed by atoms with E-state index in [4.69, 9.17) is 0 Å². The van der Waals surface area contributed by atoms with Crippen molar-refractivity contribution in [1.29, 1.82) is 0 Å². The quantitative estimate of drug-likeness (QED) is 0.763. The Morgan fingerprint density at radius 1 is 1.44 bits per heavy atom. The average Bonchev–Trinajstić information content (AvgIpc) is 2.97. The van der Waals surface area contributed by atoms with Crippen LogP contribution in [0.3, 0.4) is 0 Å². The van der Waals surface area contributed by atoms with Crippen LogP contribution in [0, 0.1) is 0 Å². The summed E-state index contributed by atoms with van der Waals surface area (Å²) in [6.07, 6.45) is 8.64. The van der Waals surface area contributed by atoms with Crippen molar-refractivity contribution in [2.75, 3.05) is 6.54 Å². The zero-order valence-electron chi connectivity index (χ0n) is 10.8. The summed E-state index contributed by atoms with van der Waals surface area (Å²) < 4.78 is 28.1. The maximum atomic E-state index is 12.5. The van der Waals surface area contributed by atoms with E-state index in [0.717, 1.165) is 19.4 Å². The van der Waals surface area contributed by atoms with Crippen molar-refractivity contribution in [2.24, 2.45) is 0 Å². The van der Waals surface area contributed by atoms with Gasteiger partial charge in [-0.2, -0.15) is 9.40 Å². The molecular formula is C12H19N3O2S. The van der Waals surface area contributed by atoms with E-state index >= 15 is 0 Å². The Hall–Kier alpha value is -1.14. The van der Waals surface area contributed by atoms with Crippen molar-refractivity contribution < 1.29 is 8.42 Å². The van der Waals surface area contributed by atoms with Crippen LogP contribution in [0.25, 0.3) is 0 Å². The fourth-order valence-corrected chi connectivity index (χ4v) is 3.70. The van der Waals surface area contributed by atoms with Gasteiger partial charge in [-0.3, -0.25) is 4.68 Å². The maximum absolute atomic E-state index is 12.5. The normalized spacial score (nSPS) is 20.7. The highest BCUT2D eigenvalue weighted by molar-refractivity contribution is 7.89. The highest BCUT2D eigenvalue weighted by Crippen LogP contribution is 2.23. The Morgan fingerprint density at radius 3 is 2.89 bits per heavy atom. The molecule has 5 nitrogen and oxygen atoms in total. The SMILES string of the molecule is CCCn1cc(S(=O)(=O)N2CC=CC2CC)cn1. The van der Waals surface area contributed by atoms with Crippen LogP contribution in [0.2, 0.25) is 0 Å².